The van der Waals surface area contributed by atoms with E-state index in [1.807, 2.05) is 0 Å². The molecule has 0 spiro atoms. The third-order valence-corrected chi connectivity index (χ3v) is 2.46. The molecule has 1 saturated heterocycles. The van der Waals surface area contributed by atoms with Crippen LogP contribution in [0.1, 0.15) is 32.1 Å². The number of carbonyl (C=O) groups excluding carboxylic acids is 1. The lowest BCUT2D eigenvalue weighted by molar-refractivity contribution is -0.132. The molecule has 0 radical (unpaired) electrons. The molecule has 0 bridgehead atoms. The summed E-state index contributed by atoms with van der Waals surface area (Å²) in [7, 11) is 0. The molecule has 0 aromatic carbocycles. The normalized spacial score (nSPS) is 19.0. The molecule has 1 aliphatic heterocycles. The molecule has 1 aliphatic rings. The highest BCUT2D eigenvalue weighted by atomic mass is 16.8. The molecule has 16 heavy (non-hydrogen) atoms. The van der Waals surface area contributed by atoms with Gasteiger partial charge in [0.05, 0.1) is 0 Å². The number of carboxylic acids is 1. The summed E-state index contributed by atoms with van der Waals surface area (Å²) in [4.78, 5) is 21.0. The fraction of sp³-hybridized carbons (Fsp3) is 0.636. The van der Waals surface area contributed by atoms with E-state index in [4.69, 9.17) is 9.84 Å². The first-order valence-electron chi connectivity index (χ1n) is 5.34. The third kappa shape index (κ3) is 4.33. The summed E-state index contributed by atoms with van der Waals surface area (Å²) < 4.78 is 9.49. The Bertz CT molecular complexity index is 284. The molecule has 0 aromatic heterocycles. The van der Waals surface area contributed by atoms with Crippen molar-refractivity contribution >= 4 is 12.1 Å². The summed E-state index contributed by atoms with van der Waals surface area (Å²) in [6.45, 7) is 3.78. The minimum absolute atomic E-state index is 0.129. The van der Waals surface area contributed by atoms with Crippen LogP contribution in [-0.4, -0.2) is 29.9 Å². The second-order valence-corrected chi connectivity index (χ2v) is 3.81. The van der Waals surface area contributed by atoms with Gasteiger partial charge >= 0.3 is 12.1 Å². The summed E-state index contributed by atoms with van der Waals surface area (Å²) >= 11 is 0. The molecule has 0 saturated carbocycles. The molecule has 0 aliphatic carbocycles. The number of carboxylic acid groups (broad SMARTS) is 1. The van der Waals surface area contributed by atoms with Gasteiger partial charge in [-0.1, -0.05) is 13.0 Å². The zero-order valence-electron chi connectivity index (χ0n) is 9.11. The Kier molecular flexibility index (Phi) is 4.82. The quantitative estimate of drug-likeness (QED) is 0.410. The molecule has 0 amide bonds. The van der Waals surface area contributed by atoms with Gasteiger partial charge < -0.3 is 14.6 Å². The smallest absolute Gasteiger partial charge is 0.478 e. The van der Waals surface area contributed by atoms with E-state index in [1.54, 1.807) is 0 Å². The van der Waals surface area contributed by atoms with E-state index in [0.29, 0.717) is 13.0 Å². The molecule has 1 N–H and O–H groups in total. The molecular weight excluding hydrogens is 212 g/mol. The van der Waals surface area contributed by atoms with Crippen molar-refractivity contribution < 1.29 is 24.2 Å². The fourth-order valence-electron chi connectivity index (χ4n) is 1.50. The second-order valence-electron chi connectivity index (χ2n) is 3.81. The number of hydrogen-bond donors (Lipinski definition) is 1. The van der Waals surface area contributed by atoms with Crippen LogP contribution in [0.3, 0.4) is 0 Å². The maximum absolute atomic E-state index is 10.6. The fourth-order valence-corrected chi connectivity index (χ4v) is 1.50. The Hall–Kier alpha value is -1.52. The Balaban J connectivity index is 1.98. The topological polar surface area (TPSA) is 72.8 Å². The highest BCUT2D eigenvalue weighted by Crippen LogP contribution is 2.15. The zero-order valence-corrected chi connectivity index (χ0v) is 9.11. The Morgan fingerprint density at radius 3 is 2.75 bits per heavy atom. The van der Waals surface area contributed by atoms with Crippen LogP contribution in [0, 0.1) is 0 Å². The summed E-state index contributed by atoms with van der Waals surface area (Å²) in [5, 5.41) is 8.57. The van der Waals surface area contributed by atoms with Crippen LogP contribution in [-0.2, 0) is 14.3 Å². The number of aliphatic carboxylic acids is 1. The Morgan fingerprint density at radius 2 is 2.19 bits per heavy atom. The number of ether oxygens (including phenoxy) is 2. The van der Waals surface area contributed by atoms with Crippen LogP contribution in [0.4, 0.5) is 4.79 Å². The van der Waals surface area contributed by atoms with Crippen LogP contribution in [0.5, 0.6) is 0 Å². The number of carbonyl (C=O) groups is 2. The van der Waals surface area contributed by atoms with E-state index in [2.05, 4.69) is 11.3 Å². The van der Waals surface area contributed by atoms with E-state index in [9.17, 15) is 9.59 Å². The van der Waals surface area contributed by atoms with Crippen molar-refractivity contribution in [2.75, 3.05) is 6.61 Å². The summed E-state index contributed by atoms with van der Waals surface area (Å²) in [5.41, 5.74) is 0.246. The van der Waals surface area contributed by atoms with Crippen molar-refractivity contribution in [2.45, 2.75) is 38.2 Å². The highest BCUT2D eigenvalue weighted by molar-refractivity contribution is 5.85. The number of rotatable bonds is 7. The lowest BCUT2D eigenvalue weighted by Crippen LogP contribution is -2.09. The maximum atomic E-state index is 10.6. The summed E-state index contributed by atoms with van der Waals surface area (Å²) in [6, 6.07) is 0. The van der Waals surface area contributed by atoms with E-state index < -0.39 is 12.1 Å². The monoisotopic (exact) mass is 228 g/mol. The molecule has 1 unspecified atom stereocenters. The van der Waals surface area contributed by atoms with E-state index >= 15 is 0 Å². The van der Waals surface area contributed by atoms with Crippen LogP contribution in [0.2, 0.25) is 0 Å². The van der Waals surface area contributed by atoms with Gasteiger partial charge in [-0.05, 0) is 25.7 Å². The minimum atomic E-state index is -0.932. The SMILES string of the molecule is C=C(CCCCCC1COC(=O)O1)C(=O)O. The minimum Gasteiger partial charge on any atom is -0.478 e. The molecule has 5 heteroatoms. The molecule has 1 fully saturated rings. The van der Waals surface area contributed by atoms with Crippen molar-refractivity contribution in [2.24, 2.45) is 0 Å². The molecule has 1 heterocycles. The van der Waals surface area contributed by atoms with Gasteiger partial charge in [0.15, 0.2) is 0 Å². The molecule has 90 valence electrons. The van der Waals surface area contributed by atoms with Crippen molar-refractivity contribution in [3.63, 3.8) is 0 Å². The van der Waals surface area contributed by atoms with E-state index in [-0.39, 0.29) is 11.7 Å². The van der Waals surface area contributed by atoms with Crippen molar-refractivity contribution in [1.82, 2.24) is 0 Å². The standard InChI is InChI=1S/C11H16O5/c1-8(10(12)13)5-3-2-4-6-9-7-15-11(14)16-9/h9H,1-7H2,(H,12,13). The van der Waals surface area contributed by atoms with Gasteiger partial charge in [-0.25, -0.2) is 9.59 Å². The highest BCUT2D eigenvalue weighted by Gasteiger charge is 2.23. The lowest BCUT2D eigenvalue weighted by atomic mass is 10.1. The second kappa shape index (κ2) is 6.15. The maximum Gasteiger partial charge on any atom is 0.508 e. The first kappa shape index (κ1) is 12.5. The van der Waals surface area contributed by atoms with E-state index in [0.717, 1.165) is 25.7 Å². The molecule has 0 aromatic rings. The van der Waals surface area contributed by atoms with Gasteiger partial charge in [-0.3, -0.25) is 0 Å². The predicted molar refractivity (Wildman–Crippen MR) is 56.1 cm³/mol. The summed E-state index contributed by atoms with van der Waals surface area (Å²) in [5.74, 6) is -0.932. The predicted octanol–water partition coefficient (Wildman–Crippen LogP) is 2.11. The largest absolute Gasteiger partial charge is 0.508 e. The molecule has 1 rings (SSSR count). The number of unbranched alkanes of at least 4 members (excludes halogenated alkanes) is 2. The molecule has 5 nitrogen and oxygen atoms in total. The van der Waals surface area contributed by atoms with Crippen LogP contribution in [0.25, 0.3) is 0 Å². The van der Waals surface area contributed by atoms with Gasteiger partial charge in [0.2, 0.25) is 0 Å². The van der Waals surface area contributed by atoms with Gasteiger partial charge in [0, 0.05) is 5.57 Å². The summed E-state index contributed by atoms with van der Waals surface area (Å²) in [6.07, 6.45) is 3.16. The number of hydrogen-bond acceptors (Lipinski definition) is 4. The van der Waals surface area contributed by atoms with Gasteiger partial charge in [0.25, 0.3) is 0 Å². The Morgan fingerprint density at radius 1 is 1.44 bits per heavy atom. The molecule has 1 atom stereocenters. The van der Waals surface area contributed by atoms with E-state index in [1.165, 1.54) is 0 Å². The van der Waals surface area contributed by atoms with Gasteiger partial charge in [-0.2, -0.15) is 0 Å². The Labute approximate surface area is 94.0 Å². The average Bonchev–Trinajstić information content (AvgIpc) is 2.63. The lowest BCUT2D eigenvalue weighted by Gasteiger charge is -2.05. The van der Waals surface area contributed by atoms with Crippen LogP contribution >= 0.6 is 0 Å². The van der Waals surface area contributed by atoms with Crippen molar-refractivity contribution in [1.29, 1.82) is 0 Å². The zero-order chi connectivity index (χ0) is 12.0. The van der Waals surface area contributed by atoms with Gasteiger partial charge in [-0.15, -0.1) is 0 Å². The average molecular weight is 228 g/mol. The van der Waals surface area contributed by atoms with Crippen LogP contribution < -0.4 is 0 Å². The first-order chi connectivity index (χ1) is 7.59. The number of cyclic esters (lactones) is 2. The third-order valence-electron chi connectivity index (χ3n) is 2.46. The first-order valence-corrected chi connectivity index (χ1v) is 5.34. The molecular formula is C11H16O5. The van der Waals surface area contributed by atoms with Crippen molar-refractivity contribution in [3.05, 3.63) is 12.2 Å². The van der Waals surface area contributed by atoms with Crippen LogP contribution in [0.15, 0.2) is 12.2 Å². The van der Waals surface area contributed by atoms with Crippen molar-refractivity contribution in [3.8, 4) is 0 Å². The van der Waals surface area contributed by atoms with Gasteiger partial charge in [0.1, 0.15) is 12.7 Å².